The number of fused-ring (bicyclic) bond motifs is 2. The molecule has 12 rings (SSSR count). The summed E-state index contributed by atoms with van der Waals surface area (Å²) in [6, 6.07) is 1.25. The number of nitrogens with zero attached hydrogens (tertiary/aromatic N) is 11. The van der Waals surface area contributed by atoms with E-state index in [4.69, 9.17) is 81.6 Å². The first kappa shape index (κ1) is 74.5. The molecule has 5 fully saturated rings. The maximum absolute atomic E-state index is 14.3. The molecule has 53 heteroatoms. The van der Waals surface area contributed by atoms with Crippen LogP contribution in [0.1, 0.15) is 74.4 Å². The number of aliphatic hydroxyl groups excluding tert-OH is 1. The Morgan fingerprint density at radius 1 is 0.529 bits per heavy atom. The molecule has 48 nitrogen and oxygen atoms in total. The average molecular weight is 1540 g/mol. The van der Waals surface area contributed by atoms with Gasteiger partial charge in [0.15, 0.2) is 22.6 Å². The number of anilines is 3. The molecule has 0 spiro atoms. The molecule has 554 valence electrons. The number of aromatic nitrogens is 14. The lowest BCUT2D eigenvalue weighted by Gasteiger charge is -2.25. The van der Waals surface area contributed by atoms with Gasteiger partial charge in [0.25, 0.3) is 16.7 Å². The SMILES string of the molecule is Cc1cn([C@H]2C[C@H](OP(=O)(O)OC[C@H]3O[C@@H](n4cnc5c(N)ncnc54)C[C@@H]3OP(=O)(O)OC[C@H]3O[C@@H](n4cnc5c(=O)[nH]c(N)nc54)C[C@@H]3OP(=O)(O)OC[C@H]3O[C@@H](n4cc(C)c(=O)[nH]c4=O)C[C@@H]3O)[C@@H](COP(=O)(O)O[C@H]3C[C@H](n4ccc(N)nc4=O)O[C@@H]3CO[P+](=O)O)O2)c(=O)[nH]c1=O. The highest BCUT2D eigenvalue weighted by Gasteiger charge is 2.50. The zero-order chi connectivity index (χ0) is 73.1. The highest BCUT2D eigenvalue weighted by Crippen LogP contribution is 2.55. The molecule has 7 aromatic rings. The molecule has 20 atom stereocenters. The number of phosphoric acid groups is 4. The van der Waals surface area contributed by atoms with E-state index in [1.165, 1.54) is 47.8 Å². The molecule has 5 unspecified atom stereocenters. The zero-order valence-electron chi connectivity index (χ0n) is 52.5. The number of H-pyrrole nitrogens is 3. The van der Waals surface area contributed by atoms with Crippen LogP contribution in [0.15, 0.2) is 72.4 Å². The molecule has 0 aliphatic carbocycles. The number of aromatic amines is 3. The molecule has 15 N–H and O–H groups in total. The van der Waals surface area contributed by atoms with Gasteiger partial charge >= 0.3 is 56.6 Å². The van der Waals surface area contributed by atoms with Gasteiger partial charge < -0.3 is 65.6 Å². The lowest BCUT2D eigenvalue weighted by Crippen LogP contribution is -2.33. The normalized spacial score (nSPS) is 29.3. The average Bonchev–Trinajstić information content (AvgIpc) is 1.65. The summed E-state index contributed by atoms with van der Waals surface area (Å²) < 4.78 is 151. The van der Waals surface area contributed by atoms with Crippen molar-refractivity contribution < 1.29 is 117 Å². The molecule has 0 amide bonds. The van der Waals surface area contributed by atoms with Gasteiger partial charge in [0, 0.05) is 66.4 Å². The summed E-state index contributed by atoms with van der Waals surface area (Å²) in [6.07, 6.45) is -17.4. The van der Waals surface area contributed by atoms with Gasteiger partial charge in [-0.15, -0.1) is 9.42 Å². The smallest absolute Gasteiger partial charge is 0.390 e. The van der Waals surface area contributed by atoms with E-state index in [9.17, 15) is 81.2 Å². The van der Waals surface area contributed by atoms with Crippen LogP contribution in [-0.4, -0.2) is 191 Å². The number of imidazole rings is 2. The van der Waals surface area contributed by atoms with Crippen LogP contribution in [0, 0.1) is 13.8 Å². The first-order valence-electron chi connectivity index (χ1n) is 30.2. The number of phosphoric ester groups is 4. The fourth-order valence-corrected chi connectivity index (χ4v) is 15.8. The molecular formula is C49H63N17O31P5+. The van der Waals surface area contributed by atoms with Crippen molar-refractivity contribution in [3.63, 3.8) is 0 Å². The van der Waals surface area contributed by atoms with Gasteiger partial charge in [-0.05, 0) is 19.9 Å². The topological polar surface area (TPSA) is 666 Å². The van der Waals surface area contributed by atoms with Crippen molar-refractivity contribution in [3.8, 4) is 0 Å². The molecular weight excluding hydrogens is 1480 g/mol. The molecule has 7 aromatic heterocycles. The zero-order valence-corrected chi connectivity index (χ0v) is 57.0. The lowest BCUT2D eigenvalue weighted by atomic mass is 10.2. The van der Waals surface area contributed by atoms with Crippen molar-refractivity contribution in [2.75, 3.05) is 50.2 Å². The molecule has 0 radical (unpaired) electrons. The molecule has 0 aromatic carbocycles. The summed E-state index contributed by atoms with van der Waals surface area (Å²) >= 11 is 0. The van der Waals surface area contributed by atoms with Gasteiger partial charge in [-0.2, -0.15) is 9.97 Å². The first-order valence-corrected chi connectivity index (χ1v) is 37.3. The largest absolute Gasteiger partial charge is 0.694 e. The second-order valence-electron chi connectivity index (χ2n) is 23.4. The minimum atomic E-state index is -5.55. The van der Waals surface area contributed by atoms with E-state index >= 15 is 0 Å². The number of nitrogen functional groups attached to an aromatic ring is 3. The van der Waals surface area contributed by atoms with Crippen LogP contribution in [0.4, 0.5) is 17.6 Å². The maximum atomic E-state index is 14.3. The summed E-state index contributed by atoms with van der Waals surface area (Å²) in [4.78, 5) is 161. The van der Waals surface area contributed by atoms with Crippen LogP contribution in [0.2, 0.25) is 0 Å². The van der Waals surface area contributed by atoms with E-state index < -0.39 is 218 Å². The van der Waals surface area contributed by atoms with E-state index in [-0.39, 0.29) is 63.9 Å². The van der Waals surface area contributed by atoms with Gasteiger partial charge in [-0.1, -0.05) is 0 Å². The van der Waals surface area contributed by atoms with Crippen molar-refractivity contribution >= 4 is 79.5 Å². The molecule has 0 saturated carbocycles. The number of nitrogens with two attached hydrogens (primary N) is 3. The summed E-state index contributed by atoms with van der Waals surface area (Å²) in [5.74, 6) is -0.562. The van der Waals surface area contributed by atoms with Crippen LogP contribution in [0.25, 0.3) is 22.3 Å². The fraction of sp³-hybridized carbons (Fsp3) is 0.551. The van der Waals surface area contributed by atoms with Crippen molar-refractivity contribution in [2.45, 2.75) is 138 Å². The van der Waals surface area contributed by atoms with E-state index in [0.717, 1.165) is 32.6 Å². The number of hydrogen-bond donors (Lipinski definition) is 12. The Labute approximate surface area is 567 Å². The summed E-state index contributed by atoms with van der Waals surface area (Å²) in [5, 5.41) is 10.8. The highest BCUT2D eigenvalue weighted by molar-refractivity contribution is 7.48. The predicted octanol–water partition coefficient (Wildman–Crippen LogP) is -1.85. The monoisotopic (exact) mass is 1540 g/mol. The van der Waals surface area contributed by atoms with E-state index in [2.05, 4.69) is 44.9 Å². The van der Waals surface area contributed by atoms with E-state index in [1.54, 1.807) is 0 Å². The third kappa shape index (κ3) is 16.9. The Hall–Kier alpha value is -7.24. The Balaban J connectivity index is 0.750. The third-order valence-electron chi connectivity index (χ3n) is 16.5. The second kappa shape index (κ2) is 29.7. The van der Waals surface area contributed by atoms with Gasteiger partial charge in [0.2, 0.25) is 5.95 Å². The Morgan fingerprint density at radius 3 is 1.41 bits per heavy atom. The van der Waals surface area contributed by atoms with Crippen LogP contribution < -0.4 is 50.9 Å². The van der Waals surface area contributed by atoms with Crippen molar-refractivity contribution in [2.24, 2.45) is 0 Å². The molecule has 102 heavy (non-hydrogen) atoms. The third-order valence-corrected chi connectivity index (χ3v) is 20.9. The Bertz CT molecular complexity index is 4910. The number of aliphatic hydroxyl groups is 1. The minimum Gasteiger partial charge on any atom is -0.390 e. The summed E-state index contributed by atoms with van der Waals surface area (Å²) in [7, 11) is -25.0. The molecule has 5 saturated heterocycles. The summed E-state index contributed by atoms with van der Waals surface area (Å²) in [5.41, 5.74) is 12.4. The molecule has 5 aliphatic rings. The number of aryl methyl sites for hydroxylation is 2. The van der Waals surface area contributed by atoms with E-state index in [0.29, 0.717) is 0 Å². The van der Waals surface area contributed by atoms with Crippen LogP contribution in [-0.2, 0) is 87.2 Å². The lowest BCUT2D eigenvalue weighted by molar-refractivity contribution is -0.0637. The second-order valence-corrected chi connectivity index (χ2v) is 29.8. The fourth-order valence-electron chi connectivity index (χ4n) is 11.7. The van der Waals surface area contributed by atoms with Crippen LogP contribution in [0.5, 0.6) is 0 Å². The number of nitrogens with one attached hydrogen (secondary N) is 3. The van der Waals surface area contributed by atoms with Crippen molar-refractivity contribution in [1.82, 2.24) is 67.7 Å². The predicted molar refractivity (Wildman–Crippen MR) is 334 cm³/mol. The number of rotatable bonds is 28. The van der Waals surface area contributed by atoms with Crippen molar-refractivity contribution in [1.29, 1.82) is 0 Å². The summed E-state index contributed by atoms with van der Waals surface area (Å²) in [6.45, 7) is -1.92. The standard InChI is InChI=1S/C49H62N17O31P5/c1-20-10-63(48(72)60-43(20)68)33-5-22(67)27(89-33)13-85-99(76,77)96-26-9-37(66-19-56-39-42(66)58-46(52)59-45(39)70)93-31(26)16-88-102(82,83)97-25-8-36(65-18-55-38-40(51)53-17-54-41(38)65)92-30(25)15-87-101(80,81)95-24-7-35(64-11-21(2)44(69)61-49(64)73)91-29(24)14-86-100(78,79)94-23-6-34(90-28(23)12-84-98(74)75)62-4-3-32(50)57-47(62)71/h3-4,10-11,17-19,22-31,33-37,67H,5-9,12-16H2,1-2H3,(H13-,50,51,52,53,54,57,58,59,60,61,68,69,70,71,72,73,74,75,76,77,78,79,80,81,82,83)/p+1/t22-,23-,24-,25-,26-,27+,28+,29+,30+,31+,33+,34+,35+,36+,37+/m0/s1. The Morgan fingerprint density at radius 2 is 0.941 bits per heavy atom. The Kier molecular flexibility index (Phi) is 21.7. The highest BCUT2D eigenvalue weighted by atomic mass is 31.2. The van der Waals surface area contributed by atoms with Gasteiger partial charge in [-0.25, -0.2) is 52.6 Å². The maximum Gasteiger partial charge on any atom is 0.694 e. The van der Waals surface area contributed by atoms with Gasteiger partial charge in [0.05, 0.1) is 45.2 Å². The minimum absolute atomic E-state index is 0.00416. The van der Waals surface area contributed by atoms with Crippen LogP contribution in [0.3, 0.4) is 0 Å². The number of hydrogen-bond acceptors (Lipinski definition) is 35. The quantitative estimate of drug-likeness (QED) is 0.0240. The van der Waals surface area contributed by atoms with Crippen LogP contribution >= 0.6 is 39.5 Å². The molecule has 5 aliphatic heterocycles. The number of ether oxygens (including phenoxy) is 5. The van der Waals surface area contributed by atoms with E-state index in [1.807, 2.05) is 0 Å². The van der Waals surface area contributed by atoms with Gasteiger partial charge in [0.1, 0.15) is 110 Å². The molecule has 12 heterocycles. The van der Waals surface area contributed by atoms with Gasteiger partial charge in [-0.3, -0.25) is 88.4 Å². The first-order chi connectivity index (χ1) is 48.1. The van der Waals surface area contributed by atoms with Crippen molar-refractivity contribution in [3.05, 3.63) is 117 Å². The molecule has 0 bridgehead atoms.